The van der Waals surface area contributed by atoms with Crippen molar-refractivity contribution in [2.24, 2.45) is 0 Å². The quantitative estimate of drug-likeness (QED) is 0.876. The molecule has 0 atom stereocenters. The number of carbonyl (C=O) groups is 1. The van der Waals surface area contributed by atoms with Gasteiger partial charge < -0.3 is 10.2 Å². The van der Waals surface area contributed by atoms with Crippen molar-refractivity contribution in [3.63, 3.8) is 0 Å². The van der Waals surface area contributed by atoms with E-state index in [0.29, 0.717) is 13.1 Å². The SMILES string of the molecule is CCN(CC)C(=O)CCNc1ncccc1C(F)(F)F. The number of halogens is 3. The minimum absolute atomic E-state index is 0.0908. The van der Waals surface area contributed by atoms with Gasteiger partial charge in [0.15, 0.2) is 0 Å². The van der Waals surface area contributed by atoms with Crippen LogP contribution in [0.25, 0.3) is 0 Å². The molecular formula is C13H18F3N3O. The molecule has 1 aromatic rings. The van der Waals surface area contributed by atoms with E-state index < -0.39 is 11.7 Å². The third-order valence-electron chi connectivity index (χ3n) is 2.86. The average Bonchev–Trinajstić information content (AvgIpc) is 2.39. The van der Waals surface area contributed by atoms with Crippen LogP contribution in [0.1, 0.15) is 25.8 Å². The Hall–Kier alpha value is -1.79. The molecule has 0 aliphatic heterocycles. The molecule has 0 saturated heterocycles. The molecule has 1 aromatic heterocycles. The molecule has 112 valence electrons. The largest absolute Gasteiger partial charge is 0.419 e. The van der Waals surface area contributed by atoms with Crippen LogP contribution < -0.4 is 5.32 Å². The zero-order valence-corrected chi connectivity index (χ0v) is 11.5. The Kier molecular flexibility index (Phi) is 5.79. The molecule has 20 heavy (non-hydrogen) atoms. The Morgan fingerprint density at radius 1 is 1.35 bits per heavy atom. The number of pyridine rings is 1. The summed E-state index contributed by atoms with van der Waals surface area (Å²) in [7, 11) is 0. The smallest absolute Gasteiger partial charge is 0.369 e. The fourth-order valence-corrected chi connectivity index (χ4v) is 1.80. The number of rotatable bonds is 6. The lowest BCUT2D eigenvalue weighted by molar-refractivity contribution is -0.137. The van der Waals surface area contributed by atoms with Gasteiger partial charge in [-0.15, -0.1) is 0 Å². The summed E-state index contributed by atoms with van der Waals surface area (Å²) in [6.07, 6.45) is -3.04. The molecule has 7 heteroatoms. The van der Waals surface area contributed by atoms with Crippen molar-refractivity contribution in [1.82, 2.24) is 9.88 Å². The van der Waals surface area contributed by atoms with E-state index in [1.807, 2.05) is 13.8 Å². The summed E-state index contributed by atoms with van der Waals surface area (Å²) in [6, 6.07) is 2.19. The molecule has 4 nitrogen and oxygen atoms in total. The van der Waals surface area contributed by atoms with E-state index >= 15 is 0 Å². The van der Waals surface area contributed by atoms with Gasteiger partial charge in [-0.05, 0) is 26.0 Å². The molecule has 0 saturated carbocycles. The van der Waals surface area contributed by atoms with Crippen LogP contribution in [0.5, 0.6) is 0 Å². The predicted molar refractivity (Wildman–Crippen MR) is 70.3 cm³/mol. The van der Waals surface area contributed by atoms with Gasteiger partial charge in [0.2, 0.25) is 5.91 Å². The van der Waals surface area contributed by atoms with Gasteiger partial charge in [0, 0.05) is 32.3 Å². The molecule has 1 rings (SSSR count). The van der Waals surface area contributed by atoms with Crippen LogP contribution in [-0.2, 0) is 11.0 Å². The summed E-state index contributed by atoms with van der Waals surface area (Å²) < 4.78 is 38.1. The molecule has 0 aliphatic carbocycles. The topological polar surface area (TPSA) is 45.2 Å². The zero-order chi connectivity index (χ0) is 15.2. The summed E-state index contributed by atoms with van der Waals surface area (Å²) in [4.78, 5) is 17.0. The van der Waals surface area contributed by atoms with Crippen molar-refractivity contribution in [3.05, 3.63) is 23.9 Å². The molecule has 0 spiro atoms. The van der Waals surface area contributed by atoms with Crippen molar-refractivity contribution in [3.8, 4) is 0 Å². The summed E-state index contributed by atoms with van der Waals surface area (Å²) in [6.45, 7) is 5.01. The first-order valence-corrected chi connectivity index (χ1v) is 6.44. The molecule has 0 fully saturated rings. The Morgan fingerprint density at radius 3 is 2.55 bits per heavy atom. The van der Waals surface area contributed by atoms with Gasteiger partial charge in [0.25, 0.3) is 0 Å². The molecule has 1 N–H and O–H groups in total. The van der Waals surface area contributed by atoms with Crippen LogP contribution in [0.4, 0.5) is 19.0 Å². The van der Waals surface area contributed by atoms with Crippen LogP contribution in [0.3, 0.4) is 0 Å². The summed E-state index contributed by atoms with van der Waals surface area (Å²) in [5.41, 5.74) is -0.824. The van der Waals surface area contributed by atoms with E-state index in [-0.39, 0.29) is 24.7 Å². The van der Waals surface area contributed by atoms with Gasteiger partial charge in [0.1, 0.15) is 5.82 Å². The highest BCUT2D eigenvalue weighted by atomic mass is 19.4. The van der Waals surface area contributed by atoms with Gasteiger partial charge in [0.05, 0.1) is 5.56 Å². The fourth-order valence-electron chi connectivity index (χ4n) is 1.80. The number of amides is 1. The van der Waals surface area contributed by atoms with Crippen LogP contribution >= 0.6 is 0 Å². The maximum Gasteiger partial charge on any atom is 0.419 e. The number of alkyl halides is 3. The van der Waals surface area contributed by atoms with E-state index in [1.54, 1.807) is 4.90 Å². The number of carbonyl (C=O) groups excluding carboxylic acids is 1. The molecule has 0 aliphatic rings. The molecule has 0 aromatic carbocycles. The molecule has 0 bridgehead atoms. The van der Waals surface area contributed by atoms with Crippen molar-refractivity contribution in [2.75, 3.05) is 25.0 Å². The van der Waals surface area contributed by atoms with Gasteiger partial charge in [-0.3, -0.25) is 4.79 Å². The highest BCUT2D eigenvalue weighted by Crippen LogP contribution is 2.33. The Labute approximate surface area is 116 Å². The van der Waals surface area contributed by atoms with Crippen molar-refractivity contribution >= 4 is 11.7 Å². The second kappa shape index (κ2) is 7.12. The maximum atomic E-state index is 12.7. The number of nitrogens with one attached hydrogen (secondary N) is 1. The number of nitrogens with zero attached hydrogens (tertiary/aromatic N) is 2. The second-order valence-corrected chi connectivity index (χ2v) is 4.14. The number of aromatic nitrogens is 1. The standard InChI is InChI=1S/C13H18F3N3O/c1-3-19(4-2)11(20)7-9-18-12-10(13(14,15)16)6-5-8-17-12/h5-6,8H,3-4,7,9H2,1-2H3,(H,17,18). The molecular weight excluding hydrogens is 271 g/mol. The first kappa shape index (κ1) is 16.3. The monoisotopic (exact) mass is 289 g/mol. The highest BCUT2D eigenvalue weighted by molar-refractivity contribution is 5.76. The third-order valence-corrected chi connectivity index (χ3v) is 2.86. The Balaban J connectivity index is 2.61. The van der Waals surface area contributed by atoms with Gasteiger partial charge in [-0.1, -0.05) is 0 Å². The highest BCUT2D eigenvalue weighted by Gasteiger charge is 2.33. The fraction of sp³-hybridized carbons (Fsp3) is 0.538. The van der Waals surface area contributed by atoms with Crippen LogP contribution in [0.2, 0.25) is 0 Å². The molecule has 0 unspecified atom stereocenters. The lowest BCUT2D eigenvalue weighted by atomic mass is 10.2. The first-order valence-electron chi connectivity index (χ1n) is 6.44. The van der Waals surface area contributed by atoms with E-state index in [9.17, 15) is 18.0 Å². The third kappa shape index (κ3) is 4.40. The number of anilines is 1. The van der Waals surface area contributed by atoms with E-state index in [0.717, 1.165) is 6.07 Å². The first-order chi connectivity index (χ1) is 9.40. The lowest BCUT2D eigenvalue weighted by Crippen LogP contribution is -2.31. The van der Waals surface area contributed by atoms with E-state index in [1.165, 1.54) is 12.3 Å². The summed E-state index contributed by atoms with van der Waals surface area (Å²) >= 11 is 0. The van der Waals surface area contributed by atoms with E-state index in [4.69, 9.17) is 0 Å². The molecule has 1 heterocycles. The van der Waals surface area contributed by atoms with Gasteiger partial charge in [-0.2, -0.15) is 13.2 Å². The summed E-state index contributed by atoms with van der Waals surface area (Å²) in [5.74, 6) is -0.334. The maximum absolute atomic E-state index is 12.7. The average molecular weight is 289 g/mol. The van der Waals surface area contributed by atoms with Crippen LogP contribution in [0, 0.1) is 0 Å². The number of hydrogen-bond acceptors (Lipinski definition) is 3. The minimum Gasteiger partial charge on any atom is -0.369 e. The van der Waals surface area contributed by atoms with Crippen LogP contribution in [-0.4, -0.2) is 35.4 Å². The molecule has 0 radical (unpaired) electrons. The van der Waals surface area contributed by atoms with Crippen molar-refractivity contribution < 1.29 is 18.0 Å². The number of hydrogen-bond donors (Lipinski definition) is 1. The minimum atomic E-state index is -4.46. The van der Waals surface area contributed by atoms with Gasteiger partial charge >= 0.3 is 6.18 Å². The van der Waals surface area contributed by atoms with Crippen molar-refractivity contribution in [1.29, 1.82) is 0 Å². The lowest BCUT2D eigenvalue weighted by Gasteiger charge is -2.19. The predicted octanol–water partition coefficient (Wildman–Crippen LogP) is 2.77. The van der Waals surface area contributed by atoms with E-state index in [2.05, 4.69) is 10.3 Å². The second-order valence-electron chi connectivity index (χ2n) is 4.14. The summed E-state index contributed by atoms with van der Waals surface area (Å²) in [5, 5.41) is 2.58. The normalized spacial score (nSPS) is 11.2. The zero-order valence-electron chi connectivity index (χ0n) is 11.5. The molecule has 1 amide bonds. The van der Waals surface area contributed by atoms with Crippen LogP contribution in [0.15, 0.2) is 18.3 Å². The van der Waals surface area contributed by atoms with Gasteiger partial charge in [-0.25, -0.2) is 4.98 Å². The Morgan fingerprint density at radius 2 is 2.00 bits per heavy atom. The van der Waals surface area contributed by atoms with Crippen molar-refractivity contribution in [2.45, 2.75) is 26.4 Å². The Bertz CT molecular complexity index is 445.